The van der Waals surface area contributed by atoms with E-state index in [4.69, 9.17) is 23.2 Å². The van der Waals surface area contributed by atoms with Crippen LogP contribution >= 0.6 is 23.2 Å². The second-order valence-electron chi connectivity index (χ2n) is 4.21. The predicted molar refractivity (Wildman–Crippen MR) is 76.1 cm³/mol. The number of hydrogen-bond donors (Lipinski definition) is 2. The van der Waals surface area contributed by atoms with Crippen molar-refractivity contribution >= 4 is 29.1 Å². The maximum Gasteiger partial charge on any atom is 0.233 e. The predicted octanol–water partition coefficient (Wildman–Crippen LogP) is 3.31. The normalized spacial score (nSPS) is 12.3. The van der Waals surface area contributed by atoms with Crippen LogP contribution in [0, 0.1) is 5.82 Å². The van der Waals surface area contributed by atoms with Crippen LogP contribution in [0.25, 0.3) is 0 Å². The van der Waals surface area contributed by atoms with Gasteiger partial charge in [-0.25, -0.2) is 4.39 Å². The Balaban J connectivity index is 2.66. The first kappa shape index (κ1) is 16.2. The minimum atomic E-state index is -0.523. The lowest BCUT2D eigenvalue weighted by atomic mass is 10.1. The number of halogens is 3. The van der Waals surface area contributed by atoms with Gasteiger partial charge in [-0.3, -0.25) is 4.79 Å². The highest BCUT2D eigenvalue weighted by atomic mass is 35.5. The first-order valence-corrected chi connectivity index (χ1v) is 6.86. The summed E-state index contributed by atoms with van der Waals surface area (Å²) >= 11 is 11.9. The third kappa shape index (κ3) is 4.64. The summed E-state index contributed by atoms with van der Waals surface area (Å²) in [6.45, 7) is 4.52. The molecule has 1 amide bonds. The summed E-state index contributed by atoms with van der Waals surface area (Å²) in [6.07, 6.45) is 0.878. The van der Waals surface area contributed by atoms with Gasteiger partial charge in [0.25, 0.3) is 0 Å². The highest BCUT2D eigenvalue weighted by molar-refractivity contribution is 6.36. The molecule has 0 aromatic heterocycles. The number of hydrogen-bond acceptors (Lipinski definition) is 2. The zero-order valence-corrected chi connectivity index (χ0v) is 12.4. The Hall–Kier alpha value is -0.840. The van der Waals surface area contributed by atoms with Crippen LogP contribution in [0.5, 0.6) is 0 Å². The van der Waals surface area contributed by atoms with Gasteiger partial charge in [-0.15, -0.1) is 0 Å². The van der Waals surface area contributed by atoms with E-state index in [1.54, 1.807) is 6.92 Å². The zero-order valence-electron chi connectivity index (χ0n) is 10.9. The van der Waals surface area contributed by atoms with E-state index in [-0.39, 0.29) is 23.5 Å². The van der Waals surface area contributed by atoms with Crippen LogP contribution in [0.15, 0.2) is 12.1 Å². The highest BCUT2D eigenvalue weighted by Crippen LogP contribution is 2.32. The van der Waals surface area contributed by atoms with E-state index in [1.165, 1.54) is 12.1 Å². The molecule has 106 valence electrons. The summed E-state index contributed by atoms with van der Waals surface area (Å²) in [4.78, 5) is 11.5. The van der Waals surface area contributed by atoms with E-state index in [0.29, 0.717) is 17.1 Å². The number of rotatable bonds is 6. The van der Waals surface area contributed by atoms with Crippen LogP contribution in [-0.2, 0) is 4.79 Å². The van der Waals surface area contributed by atoms with Gasteiger partial charge in [-0.1, -0.05) is 30.1 Å². The maximum atomic E-state index is 13.4. The summed E-state index contributed by atoms with van der Waals surface area (Å²) < 4.78 is 13.4. The van der Waals surface area contributed by atoms with Crippen molar-refractivity contribution in [3.05, 3.63) is 33.6 Å². The molecule has 1 aromatic rings. The number of amides is 1. The van der Waals surface area contributed by atoms with E-state index < -0.39 is 5.82 Å². The van der Waals surface area contributed by atoms with Crippen LogP contribution in [0.2, 0.25) is 10.0 Å². The van der Waals surface area contributed by atoms with Gasteiger partial charge >= 0.3 is 0 Å². The van der Waals surface area contributed by atoms with Crippen molar-refractivity contribution in [3.63, 3.8) is 0 Å². The molecule has 0 heterocycles. The molecule has 3 nitrogen and oxygen atoms in total. The van der Waals surface area contributed by atoms with Crippen LogP contribution in [-0.4, -0.2) is 19.0 Å². The standard InChI is InChI=1S/C13H17Cl2FN2O/c1-3-6-17-11(19)7-18-8(2)12-9(14)4-5-10(16)13(12)15/h4-5,8,18H,3,6-7H2,1-2H3,(H,17,19). The fourth-order valence-corrected chi connectivity index (χ4v) is 2.31. The Morgan fingerprint density at radius 2 is 2.11 bits per heavy atom. The molecule has 0 fully saturated rings. The molecule has 1 atom stereocenters. The molecule has 0 bridgehead atoms. The highest BCUT2D eigenvalue weighted by Gasteiger charge is 2.17. The summed E-state index contributed by atoms with van der Waals surface area (Å²) in [5, 5.41) is 6.07. The monoisotopic (exact) mass is 306 g/mol. The minimum absolute atomic E-state index is 0.0125. The second kappa shape index (κ2) is 7.68. The van der Waals surface area contributed by atoms with Crippen LogP contribution in [0.3, 0.4) is 0 Å². The van der Waals surface area contributed by atoms with Gasteiger partial charge in [-0.05, 0) is 25.5 Å². The Bertz CT molecular complexity index is 455. The lowest BCUT2D eigenvalue weighted by Crippen LogP contribution is -2.35. The third-order valence-corrected chi connectivity index (χ3v) is 3.37. The Labute approximate surface area is 122 Å². The number of nitrogens with one attached hydrogen (secondary N) is 2. The van der Waals surface area contributed by atoms with Gasteiger partial charge in [-0.2, -0.15) is 0 Å². The first-order valence-electron chi connectivity index (χ1n) is 6.10. The average Bonchev–Trinajstić information content (AvgIpc) is 2.38. The Morgan fingerprint density at radius 1 is 1.42 bits per heavy atom. The fraction of sp³-hybridized carbons (Fsp3) is 0.462. The molecule has 1 unspecified atom stereocenters. The van der Waals surface area contributed by atoms with Crippen molar-refractivity contribution in [1.29, 1.82) is 0 Å². The zero-order chi connectivity index (χ0) is 14.4. The minimum Gasteiger partial charge on any atom is -0.355 e. The van der Waals surface area contributed by atoms with Crippen molar-refractivity contribution in [2.45, 2.75) is 26.3 Å². The molecule has 19 heavy (non-hydrogen) atoms. The summed E-state index contributed by atoms with van der Waals surface area (Å²) in [5.74, 6) is -0.637. The van der Waals surface area contributed by atoms with Crippen molar-refractivity contribution < 1.29 is 9.18 Å². The van der Waals surface area contributed by atoms with E-state index in [1.807, 2.05) is 6.92 Å². The van der Waals surface area contributed by atoms with Crippen LogP contribution < -0.4 is 10.6 Å². The molecule has 0 saturated carbocycles. The van der Waals surface area contributed by atoms with Gasteiger partial charge in [0, 0.05) is 23.2 Å². The molecule has 2 N–H and O–H groups in total. The van der Waals surface area contributed by atoms with Crippen molar-refractivity contribution in [3.8, 4) is 0 Å². The number of carbonyl (C=O) groups is 1. The molecule has 6 heteroatoms. The molecular weight excluding hydrogens is 290 g/mol. The van der Waals surface area contributed by atoms with E-state index in [9.17, 15) is 9.18 Å². The molecule has 1 rings (SSSR count). The smallest absolute Gasteiger partial charge is 0.233 e. The molecule has 0 aliphatic carbocycles. The van der Waals surface area contributed by atoms with Gasteiger partial charge in [0.2, 0.25) is 5.91 Å². The Kier molecular flexibility index (Phi) is 6.55. The van der Waals surface area contributed by atoms with Gasteiger partial charge in [0.05, 0.1) is 11.6 Å². The molecule has 0 spiro atoms. The van der Waals surface area contributed by atoms with Gasteiger partial charge in [0.1, 0.15) is 5.82 Å². The first-order chi connectivity index (χ1) is 8.97. The second-order valence-corrected chi connectivity index (χ2v) is 4.99. The topological polar surface area (TPSA) is 41.1 Å². The largest absolute Gasteiger partial charge is 0.355 e. The lowest BCUT2D eigenvalue weighted by Gasteiger charge is -2.17. The average molecular weight is 307 g/mol. The molecule has 0 aliphatic heterocycles. The summed E-state index contributed by atoms with van der Waals surface area (Å²) in [7, 11) is 0. The van der Waals surface area contributed by atoms with E-state index >= 15 is 0 Å². The van der Waals surface area contributed by atoms with E-state index in [0.717, 1.165) is 6.42 Å². The SMILES string of the molecule is CCCNC(=O)CNC(C)c1c(Cl)ccc(F)c1Cl. The molecule has 1 aromatic carbocycles. The molecule has 0 aliphatic rings. The number of carbonyl (C=O) groups excluding carboxylic acids is 1. The molecule has 0 radical (unpaired) electrons. The molecular formula is C13H17Cl2FN2O. The third-order valence-electron chi connectivity index (χ3n) is 2.65. The van der Waals surface area contributed by atoms with Crippen molar-refractivity contribution in [2.24, 2.45) is 0 Å². The quantitative estimate of drug-likeness (QED) is 0.792. The number of benzene rings is 1. The van der Waals surface area contributed by atoms with Crippen molar-refractivity contribution in [2.75, 3.05) is 13.1 Å². The van der Waals surface area contributed by atoms with Crippen LogP contribution in [0.1, 0.15) is 31.9 Å². The van der Waals surface area contributed by atoms with Crippen molar-refractivity contribution in [1.82, 2.24) is 10.6 Å². The van der Waals surface area contributed by atoms with E-state index in [2.05, 4.69) is 10.6 Å². The maximum absolute atomic E-state index is 13.4. The Morgan fingerprint density at radius 3 is 2.74 bits per heavy atom. The summed E-state index contributed by atoms with van der Waals surface area (Å²) in [5.41, 5.74) is 0.464. The molecule has 0 saturated heterocycles. The van der Waals surface area contributed by atoms with Gasteiger partial charge in [0.15, 0.2) is 0 Å². The van der Waals surface area contributed by atoms with Gasteiger partial charge < -0.3 is 10.6 Å². The van der Waals surface area contributed by atoms with Crippen LogP contribution in [0.4, 0.5) is 4.39 Å². The fourth-order valence-electron chi connectivity index (χ4n) is 1.61. The lowest BCUT2D eigenvalue weighted by molar-refractivity contribution is -0.120. The summed E-state index contributed by atoms with van der Waals surface area (Å²) in [6, 6.07) is 2.35.